The van der Waals surface area contributed by atoms with E-state index in [1.165, 1.54) is 19.3 Å². The lowest BCUT2D eigenvalue weighted by Crippen LogP contribution is -2.57. The van der Waals surface area contributed by atoms with Gasteiger partial charge in [0.2, 0.25) is 5.91 Å². The summed E-state index contributed by atoms with van der Waals surface area (Å²) in [7, 11) is 0. The molecule has 2 bridgehead atoms. The SMILES string of the molecule is CC(C)NC(=O)C(C)NC1C(C)(C)[C@H]2CC[C@]1(C)C2. The average Bonchev–Trinajstić information content (AvgIpc) is 2.74. The van der Waals surface area contributed by atoms with Gasteiger partial charge in [0.1, 0.15) is 0 Å². The van der Waals surface area contributed by atoms with Crippen LogP contribution in [0.1, 0.15) is 60.8 Å². The second-order valence-electron chi connectivity index (χ2n) is 7.90. The molecule has 0 heterocycles. The maximum Gasteiger partial charge on any atom is 0.237 e. The molecule has 0 aromatic carbocycles. The van der Waals surface area contributed by atoms with Crippen molar-refractivity contribution < 1.29 is 4.79 Å². The molecule has 3 nitrogen and oxygen atoms in total. The molecule has 0 spiro atoms. The zero-order chi connectivity index (χ0) is 14.4. The molecule has 0 aromatic rings. The number of amides is 1. The van der Waals surface area contributed by atoms with Gasteiger partial charge < -0.3 is 10.6 Å². The molecule has 2 rings (SSSR count). The molecule has 2 fully saturated rings. The number of rotatable bonds is 4. The van der Waals surface area contributed by atoms with Crippen LogP contribution < -0.4 is 10.6 Å². The van der Waals surface area contributed by atoms with Crippen LogP contribution >= 0.6 is 0 Å². The molecule has 19 heavy (non-hydrogen) atoms. The molecule has 2 unspecified atom stereocenters. The number of hydrogen-bond acceptors (Lipinski definition) is 2. The van der Waals surface area contributed by atoms with Crippen LogP contribution in [0.3, 0.4) is 0 Å². The fourth-order valence-electron chi connectivity index (χ4n) is 4.45. The Morgan fingerprint density at radius 1 is 1.21 bits per heavy atom. The Labute approximate surface area is 117 Å². The largest absolute Gasteiger partial charge is 0.353 e. The smallest absolute Gasteiger partial charge is 0.237 e. The van der Waals surface area contributed by atoms with Gasteiger partial charge in [0, 0.05) is 12.1 Å². The Bertz CT molecular complexity index is 359. The highest BCUT2D eigenvalue weighted by molar-refractivity contribution is 5.81. The van der Waals surface area contributed by atoms with Crippen LogP contribution in [-0.2, 0) is 4.79 Å². The summed E-state index contributed by atoms with van der Waals surface area (Å²) in [6.45, 7) is 13.1. The van der Waals surface area contributed by atoms with Crippen LogP contribution in [0, 0.1) is 16.7 Å². The Kier molecular flexibility index (Phi) is 3.72. The summed E-state index contributed by atoms with van der Waals surface area (Å²) >= 11 is 0. The number of carbonyl (C=O) groups is 1. The first-order valence-corrected chi connectivity index (χ1v) is 7.73. The summed E-state index contributed by atoms with van der Waals surface area (Å²) in [6, 6.07) is 0.551. The Hall–Kier alpha value is -0.570. The summed E-state index contributed by atoms with van der Waals surface area (Å²) in [5.41, 5.74) is 0.680. The predicted molar refractivity (Wildman–Crippen MR) is 78.9 cm³/mol. The number of hydrogen-bond donors (Lipinski definition) is 2. The van der Waals surface area contributed by atoms with Crippen LogP contribution in [0.2, 0.25) is 0 Å². The topological polar surface area (TPSA) is 41.1 Å². The van der Waals surface area contributed by atoms with Crippen molar-refractivity contribution in [3.63, 3.8) is 0 Å². The first-order valence-electron chi connectivity index (χ1n) is 7.73. The van der Waals surface area contributed by atoms with Crippen LogP contribution in [0.15, 0.2) is 0 Å². The van der Waals surface area contributed by atoms with Gasteiger partial charge in [-0.2, -0.15) is 0 Å². The van der Waals surface area contributed by atoms with E-state index in [1.54, 1.807) is 0 Å². The third-order valence-electron chi connectivity index (χ3n) is 5.51. The molecule has 2 saturated carbocycles. The standard InChI is InChI=1S/C16H30N2O/c1-10(2)17-13(19)11(3)18-14-15(4,5)12-7-8-16(14,6)9-12/h10-12,14,18H,7-9H2,1-6H3,(H,17,19)/t11?,12-,14?,16+/m0/s1. The van der Waals surface area contributed by atoms with E-state index in [2.05, 4.69) is 31.4 Å². The number of nitrogens with one attached hydrogen (secondary N) is 2. The van der Waals surface area contributed by atoms with Gasteiger partial charge in [-0.15, -0.1) is 0 Å². The van der Waals surface area contributed by atoms with Crippen molar-refractivity contribution in [3.8, 4) is 0 Å². The zero-order valence-corrected chi connectivity index (χ0v) is 13.3. The van der Waals surface area contributed by atoms with E-state index in [4.69, 9.17) is 0 Å². The molecule has 0 radical (unpaired) electrons. The molecular weight excluding hydrogens is 236 g/mol. The van der Waals surface area contributed by atoms with Crippen molar-refractivity contribution >= 4 is 5.91 Å². The van der Waals surface area contributed by atoms with Crippen molar-refractivity contribution in [1.82, 2.24) is 10.6 Å². The molecule has 2 aliphatic rings. The normalized spacial score (nSPS) is 37.6. The molecule has 1 amide bonds. The maximum atomic E-state index is 12.1. The van der Waals surface area contributed by atoms with Crippen molar-refractivity contribution in [2.45, 2.75) is 78.9 Å². The quantitative estimate of drug-likeness (QED) is 0.821. The van der Waals surface area contributed by atoms with Gasteiger partial charge in [0.15, 0.2) is 0 Å². The average molecular weight is 266 g/mol. The minimum Gasteiger partial charge on any atom is -0.353 e. The van der Waals surface area contributed by atoms with Crippen molar-refractivity contribution in [3.05, 3.63) is 0 Å². The molecule has 2 N–H and O–H groups in total. The van der Waals surface area contributed by atoms with Crippen LogP contribution in [0.25, 0.3) is 0 Å². The lowest BCUT2D eigenvalue weighted by molar-refractivity contribution is -0.124. The molecule has 4 atom stereocenters. The van der Waals surface area contributed by atoms with Gasteiger partial charge in [0.05, 0.1) is 6.04 Å². The third kappa shape index (κ3) is 2.54. The number of fused-ring (bicyclic) bond motifs is 2. The Balaban J connectivity index is 2.04. The van der Waals surface area contributed by atoms with E-state index in [0.717, 1.165) is 5.92 Å². The molecule has 2 aliphatic carbocycles. The highest BCUT2D eigenvalue weighted by atomic mass is 16.2. The molecule has 0 saturated heterocycles. The first kappa shape index (κ1) is 14.8. The summed E-state index contributed by atoms with van der Waals surface area (Å²) in [4.78, 5) is 12.1. The molecule has 3 heteroatoms. The molecule has 0 aromatic heterocycles. The van der Waals surface area contributed by atoms with Gasteiger partial charge in [-0.05, 0) is 56.8 Å². The van der Waals surface area contributed by atoms with E-state index in [1.807, 2.05) is 20.8 Å². The lowest BCUT2D eigenvalue weighted by Gasteiger charge is -2.44. The Morgan fingerprint density at radius 3 is 2.32 bits per heavy atom. The zero-order valence-electron chi connectivity index (χ0n) is 13.3. The summed E-state index contributed by atoms with van der Waals surface area (Å²) < 4.78 is 0. The second-order valence-corrected chi connectivity index (χ2v) is 7.90. The fraction of sp³-hybridized carbons (Fsp3) is 0.938. The minimum atomic E-state index is -0.108. The van der Waals surface area contributed by atoms with Gasteiger partial charge >= 0.3 is 0 Å². The lowest BCUT2D eigenvalue weighted by atomic mass is 9.68. The van der Waals surface area contributed by atoms with Gasteiger partial charge in [0.25, 0.3) is 0 Å². The van der Waals surface area contributed by atoms with Crippen LogP contribution in [-0.4, -0.2) is 24.0 Å². The monoisotopic (exact) mass is 266 g/mol. The molecule has 0 aliphatic heterocycles. The number of carbonyl (C=O) groups excluding carboxylic acids is 1. The van der Waals surface area contributed by atoms with Crippen LogP contribution in [0.4, 0.5) is 0 Å². The van der Waals surface area contributed by atoms with Crippen molar-refractivity contribution in [1.29, 1.82) is 0 Å². The summed E-state index contributed by atoms with van der Waals surface area (Å²) in [6.07, 6.45) is 3.97. The molecular formula is C16H30N2O. The highest BCUT2D eigenvalue weighted by Crippen LogP contribution is 2.62. The van der Waals surface area contributed by atoms with E-state index >= 15 is 0 Å². The van der Waals surface area contributed by atoms with Crippen LogP contribution in [0.5, 0.6) is 0 Å². The first-order chi connectivity index (χ1) is 8.67. The highest BCUT2D eigenvalue weighted by Gasteiger charge is 2.59. The minimum absolute atomic E-state index is 0.108. The van der Waals surface area contributed by atoms with Gasteiger partial charge in [-0.25, -0.2) is 0 Å². The third-order valence-corrected chi connectivity index (χ3v) is 5.51. The van der Waals surface area contributed by atoms with Gasteiger partial charge in [-0.3, -0.25) is 4.79 Å². The van der Waals surface area contributed by atoms with E-state index in [0.29, 0.717) is 16.9 Å². The summed E-state index contributed by atoms with van der Waals surface area (Å²) in [5.74, 6) is 0.938. The van der Waals surface area contributed by atoms with Gasteiger partial charge in [-0.1, -0.05) is 20.8 Å². The van der Waals surface area contributed by atoms with Crippen molar-refractivity contribution in [2.24, 2.45) is 16.7 Å². The van der Waals surface area contributed by atoms with E-state index in [9.17, 15) is 4.79 Å². The second kappa shape index (κ2) is 4.76. The predicted octanol–water partition coefficient (Wildman–Crippen LogP) is 2.70. The van der Waals surface area contributed by atoms with E-state index < -0.39 is 0 Å². The molecule has 110 valence electrons. The van der Waals surface area contributed by atoms with Crippen molar-refractivity contribution in [2.75, 3.05) is 0 Å². The fourth-order valence-corrected chi connectivity index (χ4v) is 4.45. The summed E-state index contributed by atoms with van der Waals surface area (Å²) in [5, 5.41) is 6.63. The maximum absolute atomic E-state index is 12.1. The van der Waals surface area contributed by atoms with E-state index in [-0.39, 0.29) is 18.0 Å². The Morgan fingerprint density at radius 2 is 1.84 bits per heavy atom.